The van der Waals surface area contributed by atoms with Crippen LogP contribution >= 0.6 is 0 Å². The number of nitrogens with one attached hydrogen (secondary N) is 1. The van der Waals surface area contributed by atoms with Crippen LogP contribution in [0.5, 0.6) is 0 Å². The molecule has 0 aromatic rings. The molecule has 0 spiro atoms. The lowest BCUT2D eigenvalue weighted by atomic mass is 9.85. The van der Waals surface area contributed by atoms with Crippen molar-refractivity contribution in [3.63, 3.8) is 0 Å². The third-order valence-electron chi connectivity index (χ3n) is 2.87. The standard InChI is InChI=1S/C13H26N2O2/c1-12(2,3)10-9-15(8-7-14-10)11(16)17-13(4,5)6/h10,14H,7-9H2,1-6H3/t10-/m0/s1. The number of nitrogens with zero attached hydrogens (tertiary/aromatic N) is 1. The molecule has 1 fully saturated rings. The van der Waals surface area contributed by atoms with E-state index in [1.54, 1.807) is 4.90 Å². The average molecular weight is 242 g/mol. The zero-order valence-electron chi connectivity index (χ0n) is 12.0. The highest BCUT2D eigenvalue weighted by Gasteiger charge is 2.32. The van der Waals surface area contributed by atoms with Gasteiger partial charge in [-0.25, -0.2) is 4.79 Å². The molecule has 4 nitrogen and oxygen atoms in total. The first-order valence-electron chi connectivity index (χ1n) is 6.31. The van der Waals surface area contributed by atoms with Crippen LogP contribution in [0.2, 0.25) is 0 Å². The summed E-state index contributed by atoms with van der Waals surface area (Å²) in [5.74, 6) is 0. The fourth-order valence-electron chi connectivity index (χ4n) is 1.82. The molecule has 0 aromatic carbocycles. The molecule has 0 bridgehead atoms. The Morgan fingerprint density at radius 2 is 1.82 bits per heavy atom. The summed E-state index contributed by atoms with van der Waals surface area (Å²) in [5.41, 5.74) is -0.264. The zero-order chi connectivity index (χ0) is 13.3. The molecule has 0 unspecified atom stereocenters. The van der Waals surface area contributed by atoms with Crippen LogP contribution in [0.15, 0.2) is 0 Å². The van der Waals surface area contributed by atoms with E-state index in [1.807, 2.05) is 20.8 Å². The van der Waals surface area contributed by atoms with E-state index in [0.717, 1.165) is 19.6 Å². The van der Waals surface area contributed by atoms with E-state index in [4.69, 9.17) is 4.74 Å². The van der Waals surface area contributed by atoms with Crippen LogP contribution in [0, 0.1) is 5.41 Å². The highest BCUT2D eigenvalue weighted by molar-refractivity contribution is 5.68. The Morgan fingerprint density at radius 1 is 1.24 bits per heavy atom. The minimum absolute atomic E-state index is 0.153. The summed E-state index contributed by atoms with van der Waals surface area (Å²) in [5, 5.41) is 3.46. The zero-order valence-corrected chi connectivity index (χ0v) is 12.0. The smallest absolute Gasteiger partial charge is 0.410 e. The Bertz CT molecular complexity index is 276. The summed E-state index contributed by atoms with van der Waals surface area (Å²) in [7, 11) is 0. The van der Waals surface area contributed by atoms with Crippen molar-refractivity contribution in [2.75, 3.05) is 19.6 Å². The van der Waals surface area contributed by atoms with Gasteiger partial charge >= 0.3 is 6.09 Å². The van der Waals surface area contributed by atoms with E-state index in [2.05, 4.69) is 26.1 Å². The Morgan fingerprint density at radius 3 is 2.29 bits per heavy atom. The van der Waals surface area contributed by atoms with E-state index < -0.39 is 5.60 Å². The van der Waals surface area contributed by atoms with Crippen molar-refractivity contribution >= 4 is 6.09 Å². The molecule has 1 amide bonds. The molecular formula is C13H26N2O2. The maximum atomic E-state index is 12.0. The van der Waals surface area contributed by atoms with E-state index in [-0.39, 0.29) is 11.5 Å². The van der Waals surface area contributed by atoms with Gasteiger partial charge in [0.15, 0.2) is 0 Å². The SMILES string of the molecule is CC(C)(C)OC(=O)N1CCN[C@H](C(C)(C)C)C1. The molecular weight excluding hydrogens is 216 g/mol. The van der Waals surface area contributed by atoms with Gasteiger partial charge in [-0.2, -0.15) is 0 Å². The largest absolute Gasteiger partial charge is 0.444 e. The summed E-state index contributed by atoms with van der Waals surface area (Å²) in [4.78, 5) is 13.8. The first kappa shape index (κ1) is 14.3. The van der Waals surface area contributed by atoms with E-state index in [9.17, 15) is 4.79 Å². The number of ether oxygens (including phenoxy) is 1. The van der Waals surface area contributed by atoms with Gasteiger partial charge in [-0.1, -0.05) is 20.8 Å². The minimum Gasteiger partial charge on any atom is -0.444 e. The van der Waals surface area contributed by atoms with Crippen molar-refractivity contribution in [3.8, 4) is 0 Å². The van der Waals surface area contributed by atoms with Gasteiger partial charge in [0.1, 0.15) is 5.60 Å². The molecule has 0 aromatic heterocycles. The summed E-state index contributed by atoms with van der Waals surface area (Å²) in [6.45, 7) is 14.5. The second-order valence-corrected chi connectivity index (χ2v) is 6.80. The van der Waals surface area contributed by atoms with E-state index in [1.165, 1.54) is 0 Å². The van der Waals surface area contributed by atoms with Crippen LogP contribution in [0.25, 0.3) is 0 Å². The van der Waals surface area contributed by atoms with Crippen LogP contribution in [-0.2, 0) is 4.74 Å². The number of carbonyl (C=O) groups excluding carboxylic acids is 1. The van der Waals surface area contributed by atoms with Gasteiger partial charge in [-0.05, 0) is 26.2 Å². The van der Waals surface area contributed by atoms with Gasteiger partial charge in [-0.15, -0.1) is 0 Å². The molecule has 1 aliphatic heterocycles. The number of hydrogen-bond acceptors (Lipinski definition) is 3. The van der Waals surface area contributed by atoms with Crippen molar-refractivity contribution in [1.82, 2.24) is 10.2 Å². The Labute approximate surface area is 105 Å². The Hall–Kier alpha value is -0.770. The van der Waals surface area contributed by atoms with Gasteiger partial charge in [0.2, 0.25) is 0 Å². The highest BCUT2D eigenvalue weighted by Crippen LogP contribution is 2.22. The lowest BCUT2D eigenvalue weighted by Gasteiger charge is -2.40. The Kier molecular flexibility index (Phi) is 4.07. The fourth-order valence-corrected chi connectivity index (χ4v) is 1.82. The number of hydrogen-bond donors (Lipinski definition) is 1. The summed E-state index contributed by atoms with van der Waals surface area (Å²) in [6.07, 6.45) is -0.201. The second-order valence-electron chi connectivity index (χ2n) is 6.80. The van der Waals surface area contributed by atoms with E-state index >= 15 is 0 Å². The summed E-state index contributed by atoms with van der Waals surface area (Å²) < 4.78 is 5.40. The molecule has 1 heterocycles. The minimum atomic E-state index is -0.417. The highest BCUT2D eigenvalue weighted by atomic mass is 16.6. The van der Waals surface area contributed by atoms with Crippen molar-refractivity contribution in [3.05, 3.63) is 0 Å². The predicted octanol–water partition coefficient (Wildman–Crippen LogP) is 2.24. The van der Waals surface area contributed by atoms with Crippen molar-refractivity contribution < 1.29 is 9.53 Å². The van der Waals surface area contributed by atoms with Crippen molar-refractivity contribution in [2.45, 2.75) is 53.2 Å². The molecule has 1 saturated heterocycles. The van der Waals surface area contributed by atoms with Crippen LogP contribution in [0.4, 0.5) is 4.79 Å². The molecule has 1 rings (SSSR count). The monoisotopic (exact) mass is 242 g/mol. The van der Waals surface area contributed by atoms with Crippen LogP contribution < -0.4 is 5.32 Å². The third kappa shape index (κ3) is 4.54. The second kappa shape index (κ2) is 4.84. The molecule has 0 radical (unpaired) electrons. The van der Waals surface area contributed by atoms with Gasteiger partial charge in [0.05, 0.1) is 0 Å². The third-order valence-corrected chi connectivity index (χ3v) is 2.87. The summed E-state index contributed by atoms with van der Waals surface area (Å²) in [6, 6.07) is 0.323. The molecule has 1 atom stereocenters. The maximum absolute atomic E-state index is 12.0. The first-order chi connectivity index (χ1) is 7.59. The van der Waals surface area contributed by atoms with Crippen LogP contribution in [-0.4, -0.2) is 42.3 Å². The van der Waals surface area contributed by atoms with Crippen molar-refractivity contribution in [2.24, 2.45) is 5.41 Å². The topological polar surface area (TPSA) is 41.6 Å². The van der Waals surface area contributed by atoms with Gasteiger partial charge in [0, 0.05) is 25.7 Å². The molecule has 100 valence electrons. The van der Waals surface area contributed by atoms with Crippen LogP contribution in [0.3, 0.4) is 0 Å². The number of carbonyl (C=O) groups is 1. The summed E-state index contributed by atoms with van der Waals surface area (Å²) >= 11 is 0. The normalized spacial score (nSPS) is 22.5. The number of piperazine rings is 1. The maximum Gasteiger partial charge on any atom is 0.410 e. The lowest BCUT2D eigenvalue weighted by Crippen LogP contribution is -2.57. The lowest BCUT2D eigenvalue weighted by molar-refractivity contribution is 0.0148. The van der Waals surface area contributed by atoms with Gasteiger partial charge in [-0.3, -0.25) is 0 Å². The molecule has 1 N–H and O–H groups in total. The number of amides is 1. The molecule has 4 heteroatoms. The molecule has 0 saturated carbocycles. The van der Waals surface area contributed by atoms with Crippen LogP contribution in [0.1, 0.15) is 41.5 Å². The first-order valence-corrected chi connectivity index (χ1v) is 6.31. The average Bonchev–Trinajstić information content (AvgIpc) is 2.14. The molecule has 17 heavy (non-hydrogen) atoms. The van der Waals surface area contributed by atoms with Crippen molar-refractivity contribution in [1.29, 1.82) is 0 Å². The molecule has 1 aliphatic rings. The fraction of sp³-hybridized carbons (Fsp3) is 0.923. The van der Waals surface area contributed by atoms with E-state index in [0.29, 0.717) is 6.04 Å². The Balaban J connectivity index is 2.58. The number of rotatable bonds is 0. The molecule has 0 aliphatic carbocycles. The predicted molar refractivity (Wildman–Crippen MR) is 69.1 cm³/mol. The quantitative estimate of drug-likeness (QED) is 0.708. The van der Waals surface area contributed by atoms with Gasteiger partial charge < -0.3 is 15.0 Å². The van der Waals surface area contributed by atoms with Gasteiger partial charge in [0.25, 0.3) is 0 Å².